The Morgan fingerprint density at radius 1 is 0.882 bits per heavy atom. The van der Waals surface area contributed by atoms with Crippen molar-refractivity contribution in [3.8, 4) is 28.1 Å². The number of rotatable bonds is 10. The third-order valence-electron chi connectivity index (χ3n) is 6.07. The highest BCUT2D eigenvalue weighted by Gasteiger charge is 2.11. The van der Waals surface area contributed by atoms with Gasteiger partial charge in [-0.05, 0) is 55.3 Å². The Morgan fingerprint density at radius 2 is 1.65 bits per heavy atom. The molecular weight excluding hydrogens is 425 g/mol. The molecule has 0 saturated carbocycles. The maximum absolute atomic E-state index is 15.1. The molecule has 0 aliphatic rings. The second-order valence-electron chi connectivity index (χ2n) is 8.72. The summed E-state index contributed by atoms with van der Waals surface area (Å²) in [7, 11) is 0. The van der Waals surface area contributed by atoms with Gasteiger partial charge in [-0.25, -0.2) is 9.37 Å². The van der Waals surface area contributed by atoms with Crippen LogP contribution >= 0.6 is 0 Å². The predicted molar refractivity (Wildman–Crippen MR) is 137 cm³/mol. The largest absolute Gasteiger partial charge is 0.494 e. The zero-order valence-electron chi connectivity index (χ0n) is 19.8. The van der Waals surface area contributed by atoms with Crippen molar-refractivity contribution in [2.24, 2.45) is 0 Å². The van der Waals surface area contributed by atoms with Gasteiger partial charge in [-0.3, -0.25) is 4.79 Å². The normalized spacial score (nSPS) is 11.0. The van der Waals surface area contributed by atoms with Gasteiger partial charge in [0.1, 0.15) is 11.6 Å². The molecule has 0 bridgehead atoms. The van der Waals surface area contributed by atoms with Crippen molar-refractivity contribution in [3.05, 3.63) is 83.7 Å². The monoisotopic (exact) mass is 455 g/mol. The van der Waals surface area contributed by atoms with Crippen LogP contribution in [0.1, 0.15) is 54.9 Å². The molecule has 34 heavy (non-hydrogen) atoms. The van der Waals surface area contributed by atoms with E-state index in [9.17, 15) is 4.79 Å². The smallest absolute Gasteiger partial charge is 0.150 e. The number of halogens is 1. The van der Waals surface area contributed by atoms with Crippen LogP contribution in [0.4, 0.5) is 4.39 Å². The summed E-state index contributed by atoms with van der Waals surface area (Å²) in [6.45, 7) is 4.88. The van der Waals surface area contributed by atoms with Crippen LogP contribution in [0.25, 0.3) is 33.3 Å². The maximum Gasteiger partial charge on any atom is 0.150 e. The molecule has 174 valence electrons. The minimum atomic E-state index is -0.333. The van der Waals surface area contributed by atoms with Crippen LogP contribution < -0.4 is 4.74 Å². The molecule has 0 amide bonds. The first-order valence-corrected chi connectivity index (χ1v) is 12.0. The van der Waals surface area contributed by atoms with E-state index in [4.69, 9.17) is 4.74 Å². The Hall–Kier alpha value is -3.53. The molecule has 3 nitrogen and oxygen atoms in total. The van der Waals surface area contributed by atoms with Crippen molar-refractivity contribution in [1.29, 1.82) is 0 Å². The van der Waals surface area contributed by atoms with Crippen molar-refractivity contribution in [3.63, 3.8) is 0 Å². The van der Waals surface area contributed by atoms with Crippen molar-refractivity contribution in [2.45, 2.75) is 46.0 Å². The zero-order valence-corrected chi connectivity index (χ0v) is 19.8. The maximum atomic E-state index is 15.1. The summed E-state index contributed by atoms with van der Waals surface area (Å²) in [5.74, 6) is 0.466. The number of carbonyl (C=O) groups excluding carboxylic acids is 1. The van der Waals surface area contributed by atoms with E-state index in [0.717, 1.165) is 40.5 Å². The van der Waals surface area contributed by atoms with Crippen molar-refractivity contribution >= 4 is 17.2 Å². The van der Waals surface area contributed by atoms with Gasteiger partial charge in [0.2, 0.25) is 0 Å². The zero-order chi connectivity index (χ0) is 23.9. The first-order valence-electron chi connectivity index (χ1n) is 12.0. The van der Waals surface area contributed by atoms with E-state index in [1.165, 1.54) is 31.7 Å². The number of aryl methyl sites for hydroxylation is 1. The van der Waals surface area contributed by atoms with Gasteiger partial charge in [0, 0.05) is 22.1 Å². The van der Waals surface area contributed by atoms with Gasteiger partial charge in [0.15, 0.2) is 6.29 Å². The molecule has 4 aromatic rings. The van der Waals surface area contributed by atoms with E-state index in [1.807, 2.05) is 55.5 Å². The molecule has 0 aliphatic carbocycles. The quantitative estimate of drug-likeness (QED) is 0.179. The van der Waals surface area contributed by atoms with Gasteiger partial charge in [-0.15, -0.1) is 0 Å². The SMILES string of the molecule is CCCCCCCOc1ccc(-c2ccc(-c3cc(C=O)c4cc(C)ccc4n3)cc2F)cc1. The van der Waals surface area contributed by atoms with Crippen LogP contribution in [0.15, 0.2) is 66.7 Å². The molecule has 4 heteroatoms. The van der Waals surface area contributed by atoms with Crippen molar-refractivity contribution in [1.82, 2.24) is 4.98 Å². The van der Waals surface area contributed by atoms with Gasteiger partial charge in [-0.1, -0.05) is 68.5 Å². The number of hydrogen-bond acceptors (Lipinski definition) is 3. The Morgan fingerprint density at radius 3 is 2.38 bits per heavy atom. The first-order chi connectivity index (χ1) is 16.6. The molecular formula is C30H30FNO2. The number of aromatic nitrogens is 1. The van der Waals surface area contributed by atoms with E-state index in [1.54, 1.807) is 12.1 Å². The number of ether oxygens (including phenoxy) is 1. The summed E-state index contributed by atoms with van der Waals surface area (Å²) in [6, 6.07) is 20.1. The van der Waals surface area contributed by atoms with Gasteiger partial charge in [0.05, 0.1) is 17.8 Å². The number of carbonyl (C=O) groups is 1. The molecule has 4 rings (SSSR count). The standard InChI is InChI=1S/C30H30FNO2/c1-3-4-5-6-7-16-34-25-12-9-22(10-13-25)26-14-11-23(18-28(26)31)30-19-24(20-33)27-17-21(2)8-15-29(27)32-30/h8-15,17-20H,3-7,16H2,1-2H3. The molecule has 1 heterocycles. The summed E-state index contributed by atoms with van der Waals surface area (Å²) < 4.78 is 20.9. The van der Waals surface area contributed by atoms with Crippen LogP contribution in [0.2, 0.25) is 0 Å². The van der Waals surface area contributed by atoms with Gasteiger partial charge in [-0.2, -0.15) is 0 Å². The van der Waals surface area contributed by atoms with Gasteiger partial charge >= 0.3 is 0 Å². The van der Waals surface area contributed by atoms with E-state index in [0.29, 0.717) is 29.0 Å². The summed E-state index contributed by atoms with van der Waals surface area (Å²) in [6.07, 6.45) is 6.81. The lowest BCUT2D eigenvalue weighted by Crippen LogP contribution is -1.97. The lowest BCUT2D eigenvalue weighted by atomic mass is 10.00. The van der Waals surface area contributed by atoms with E-state index >= 15 is 4.39 Å². The number of hydrogen-bond donors (Lipinski definition) is 0. The summed E-state index contributed by atoms with van der Waals surface area (Å²) in [4.78, 5) is 16.3. The number of fused-ring (bicyclic) bond motifs is 1. The molecule has 0 unspecified atom stereocenters. The Labute approximate surface area is 200 Å². The molecule has 0 fully saturated rings. The summed E-state index contributed by atoms with van der Waals surface area (Å²) in [5.41, 5.74) is 4.84. The molecule has 1 aromatic heterocycles. The van der Waals surface area contributed by atoms with E-state index in [-0.39, 0.29) is 5.82 Å². The average Bonchev–Trinajstić information content (AvgIpc) is 2.86. The number of aldehydes is 1. The molecule has 0 saturated heterocycles. The highest BCUT2D eigenvalue weighted by atomic mass is 19.1. The number of pyridine rings is 1. The van der Waals surface area contributed by atoms with Crippen molar-refractivity contribution < 1.29 is 13.9 Å². The fraction of sp³-hybridized carbons (Fsp3) is 0.267. The van der Waals surface area contributed by atoms with Gasteiger partial charge < -0.3 is 4.74 Å². The predicted octanol–water partition coefficient (Wildman–Crippen LogP) is 8.18. The van der Waals surface area contributed by atoms with Crippen molar-refractivity contribution in [2.75, 3.05) is 6.61 Å². The summed E-state index contributed by atoms with van der Waals surface area (Å²) >= 11 is 0. The molecule has 0 radical (unpaired) electrons. The minimum absolute atomic E-state index is 0.333. The second-order valence-corrected chi connectivity index (χ2v) is 8.72. The van der Waals surface area contributed by atoms with Crippen LogP contribution in [-0.2, 0) is 0 Å². The number of benzene rings is 3. The second kappa shape index (κ2) is 11.1. The minimum Gasteiger partial charge on any atom is -0.494 e. The Balaban J connectivity index is 1.50. The summed E-state index contributed by atoms with van der Waals surface area (Å²) in [5, 5.41) is 0.805. The fourth-order valence-corrected chi connectivity index (χ4v) is 4.15. The fourth-order valence-electron chi connectivity index (χ4n) is 4.15. The Bertz CT molecular complexity index is 1280. The van der Waals surface area contributed by atoms with Crippen LogP contribution in [-0.4, -0.2) is 17.9 Å². The van der Waals surface area contributed by atoms with Crippen LogP contribution in [0, 0.1) is 12.7 Å². The lowest BCUT2D eigenvalue weighted by Gasteiger charge is -2.10. The van der Waals surface area contributed by atoms with Gasteiger partial charge in [0.25, 0.3) is 0 Å². The number of unbranched alkanes of at least 4 members (excludes halogenated alkanes) is 4. The van der Waals surface area contributed by atoms with E-state index < -0.39 is 0 Å². The van der Waals surface area contributed by atoms with E-state index in [2.05, 4.69) is 11.9 Å². The lowest BCUT2D eigenvalue weighted by molar-refractivity contribution is 0.112. The van der Waals surface area contributed by atoms with Crippen LogP contribution in [0.5, 0.6) is 5.75 Å². The van der Waals surface area contributed by atoms with Crippen LogP contribution in [0.3, 0.4) is 0 Å². The Kier molecular flexibility index (Phi) is 7.69. The highest BCUT2D eigenvalue weighted by molar-refractivity contribution is 5.98. The third kappa shape index (κ3) is 5.51. The number of nitrogens with zero attached hydrogens (tertiary/aromatic N) is 1. The topological polar surface area (TPSA) is 39.2 Å². The average molecular weight is 456 g/mol. The molecule has 0 N–H and O–H groups in total. The first kappa shape index (κ1) is 23.6. The highest BCUT2D eigenvalue weighted by Crippen LogP contribution is 2.30. The third-order valence-corrected chi connectivity index (χ3v) is 6.07. The molecule has 0 aliphatic heterocycles. The molecule has 0 spiro atoms. The molecule has 0 atom stereocenters. The molecule has 3 aromatic carbocycles.